The minimum Gasteiger partial charge on any atom is -0.514 e. The second kappa shape index (κ2) is 3.70. The molecular weight excluding hydrogens is 104 g/mol. The quantitative estimate of drug-likeness (QED) is 0.308. The Morgan fingerprint density at radius 2 is 2.62 bits per heavy atom. The molecule has 0 amide bonds. The van der Waals surface area contributed by atoms with Crippen LogP contribution in [0.2, 0.25) is 0 Å². The molecule has 3 nitrogen and oxygen atoms in total. The zero-order chi connectivity index (χ0) is 6.41. The highest BCUT2D eigenvalue weighted by Gasteiger charge is 1.93. The van der Waals surface area contributed by atoms with E-state index < -0.39 is 0 Å². The number of nitrogens with zero attached hydrogens (tertiary/aromatic N) is 2. The number of aliphatic hydroxyl groups excluding tert-OH is 1. The molecule has 0 atom stereocenters. The molecule has 40 valence electrons. The van der Waals surface area contributed by atoms with Crippen molar-refractivity contribution in [1.82, 2.24) is 0 Å². The molecule has 0 aromatic heterocycles. The van der Waals surface area contributed by atoms with Crippen molar-refractivity contribution >= 4 is 0 Å². The summed E-state index contributed by atoms with van der Waals surface area (Å²) in [5.41, 5.74) is 0.0972. The number of nitriles is 1. The summed E-state index contributed by atoms with van der Waals surface area (Å²) >= 11 is 0. The van der Waals surface area contributed by atoms with Gasteiger partial charge in [-0.05, 0) is 0 Å². The van der Waals surface area contributed by atoms with Crippen LogP contribution in [-0.4, -0.2) is 11.7 Å². The van der Waals surface area contributed by atoms with E-state index >= 15 is 0 Å². The Hall–Kier alpha value is -1.48. The van der Waals surface area contributed by atoms with Crippen molar-refractivity contribution in [3.05, 3.63) is 23.3 Å². The Bertz CT molecular complexity index is 170. The van der Waals surface area contributed by atoms with E-state index in [1.165, 1.54) is 0 Å². The summed E-state index contributed by atoms with van der Waals surface area (Å²) in [6, 6.07) is 1.65. The molecule has 0 unspecified atom stereocenters. The predicted octanol–water partition coefficient (Wildman–Crippen LogP) is 0.871. The molecule has 0 aromatic rings. The first kappa shape index (κ1) is 6.52. The van der Waals surface area contributed by atoms with Crippen molar-refractivity contribution in [1.29, 1.82) is 5.26 Å². The van der Waals surface area contributed by atoms with Crippen LogP contribution in [0.4, 0.5) is 0 Å². The van der Waals surface area contributed by atoms with Gasteiger partial charge in [-0.1, -0.05) is 0 Å². The van der Waals surface area contributed by atoms with Crippen molar-refractivity contribution in [3.63, 3.8) is 0 Å². The van der Waals surface area contributed by atoms with Crippen LogP contribution >= 0.6 is 0 Å². The van der Waals surface area contributed by atoms with Crippen LogP contribution in [0.3, 0.4) is 0 Å². The summed E-state index contributed by atoms with van der Waals surface area (Å²) in [6.45, 7) is 6.23. The van der Waals surface area contributed by atoms with Gasteiger partial charge in [-0.15, -0.1) is 0 Å². The van der Waals surface area contributed by atoms with Gasteiger partial charge in [-0.2, -0.15) is 5.26 Å². The molecule has 0 heterocycles. The van der Waals surface area contributed by atoms with Crippen LogP contribution in [0.25, 0.3) is 4.85 Å². The van der Waals surface area contributed by atoms with E-state index in [-0.39, 0.29) is 12.1 Å². The van der Waals surface area contributed by atoms with E-state index in [1.54, 1.807) is 6.07 Å². The molecule has 0 aliphatic carbocycles. The first-order valence-electron chi connectivity index (χ1n) is 1.91. The number of aliphatic hydroxyl groups is 1. The third-order valence-electron chi connectivity index (χ3n) is 0.549. The molecule has 0 spiro atoms. The number of hydrogen-bond donors (Lipinski definition) is 1. The normalized spacial score (nSPS) is 9.50. The zero-order valence-corrected chi connectivity index (χ0v) is 4.13. The van der Waals surface area contributed by atoms with Gasteiger partial charge in [0.2, 0.25) is 0 Å². The average molecular weight is 108 g/mol. The van der Waals surface area contributed by atoms with E-state index in [9.17, 15) is 0 Å². The lowest BCUT2D eigenvalue weighted by Gasteiger charge is -1.76. The Morgan fingerprint density at radius 1 is 2.00 bits per heavy atom. The summed E-state index contributed by atoms with van der Waals surface area (Å²) in [4.78, 5) is 2.88. The molecule has 0 aromatic carbocycles. The van der Waals surface area contributed by atoms with Crippen LogP contribution in [-0.2, 0) is 0 Å². The lowest BCUT2D eigenvalue weighted by atomic mass is 10.3. The van der Waals surface area contributed by atoms with E-state index in [4.69, 9.17) is 16.9 Å². The molecule has 0 aliphatic heterocycles. The van der Waals surface area contributed by atoms with Crippen molar-refractivity contribution in [2.75, 3.05) is 6.54 Å². The molecular formula is C5H4N2O. The standard InChI is InChI=1S/C5H4N2O/c1-7-3-5(2-6)4-8/h4,8H,3H2/b5-4+. The van der Waals surface area contributed by atoms with Crippen molar-refractivity contribution in [3.8, 4) is 6.07 Å². The highest BCUT2D eigenvalue weighted by molar-refractivity contribution is 5.21. The van der Waals surface area contributed by atoms with Crippen LogP contribution in [0.15, 0.2) is 11.8 Å². The lowest BCUT2D eigenvalue weighted by Crippen LogP contribution is -1.79. The highest BCUT2D eigenvalue weighted by atomic mass is 16.2. The van der Waals surface area contributed by atoms with Gasteiger partial charge >= 0.3 is 0 Å². The summed E-state index contributed by atoms with van der Waals surface area (Å²) in [5.74, 6) is 0. The second-order valence-electron chi connectivity index (χ2n) is 1.08. The second-order valence-corrected chi connectivity index (χ2v) is 1.08. The van der Waals surface area contributed by atoms with E-state index in [2.05, 4.69) is 4.85 Å². The van der Waals surface area contributed by atoms with Crippen LogP contribution in [0, 0.1) is 17.9 Å². The maximum Gasteiger partial charge on any atom is 0.252 e. The number of hydrogen-bond acceptors (Lipinski definition) is 2. The maximum absolute atomic E-state index is 8.13. The predicted molar refractivity (Wildman–Crippen MR) is 27.8 cm³/mol. The summed E-state index contributed by atoms with van der Waals surface area (Å²) in [6.07, 6.45) is 0.651. The van der Waals surface area contributed by atoms with E-state index in [0.29, 0.717) is 6.26 Å². The molecule has 0 saturated carbocycles. The summed E-state index contributed by atoms with van der Waals surface area (Å²) in [5, 5.41) is 16.2. The third kappa shape index (κ3) is 1.84. The van der Waals surface area contributed by atoms with Gasteiger partial charge in [0.15, 0.2) is 0 Å². The fraction of sp³-hybridized carbons (Fsp3) is 0.200. The van der Waals surface area contributed by atoms with E-state index in [1.807, 2.05) is 0 Å². The molecule has 3 heteroatoms. The fourth-order valence-electron chi connectivity index (χ4n) is 0.190. The van der Waals surface area contributed by atoms with E-state index in [0.717, 1.165) is 0 Å². The van der Waals surface area contributed by atoms with Crippen molar-refractivity contribution in [2.24, 2.45) is 0 Å². The van der Waals surface area contributed by atoms with Crippen molar-refractivity contribution < 1.29 is 5.11 Å². The lowest BCUT2D eigenvalue weighted by molar-refractivity contribution is 0.469. The molecule has 0 radical (unpaired) electrons. The van der Waals surface area contributed by atoms with Gasteiger partial charge in [-0.3, -0.25) is 0 Å². The maximum atomic E-state index is 8.13. The highest BCUT2D eigenvalue weighted by Crippen LogP contribution is 1.88. The van der Waals surface area contributed by atoms with Crippen LogP contribution in [0.1, 0.15) is 0 Å². The molecule has 8 heavy (non-hydrogen) atoms. The Kier molecular flexibility index (Phi) is 3.02. The Morgan fingerprint density at radius 3 is 2.75 bits per heavy atom. The SMILES string of the molecule is [C-]#[N+]C/C(C#N)=C/O. The van der Waals surface area contributed by atoms with Gasteiger partial charge in [0.25, 0.3) is 6.54 Å². The monoisotopic (exact) mass is 108 g/mol. The van der Waals surface area contributed by atoms with Crippen LogP contribution in [0.5, 0.6) is 0 Å². The number of rotatable bonds is 1. The topological polar surface area (TPSA) is 48.4 Å². The third-order valence-corrected chi connectivity index (χ3v) is 0.549. The summed E-state index contributed by atoms with van der Waals surface area (Å²) in [7, 11) is 0. The van der Waals surface area contributed by atoms with Gasteiger partial charge < -0.3 is 9.95 Å². The molecule has 0 bridgehead atoms. The first-order valence-corrected chi connectivity index (χ1v) is 1.91. The average Bonchev–Trinajstić information content (AvgIpc) is 1.83. The fourth-order valence-corrected chi connectivity index (χ4v) is 0.190. The molecule has 0 aliphatic rings. The Labute approximate surface area is 47.3 Å². The molecule has 0 fully saturated rings. The van der Waals surface area contributed by atoms with Crippen LogP contribution < -0.4 is 0 Å². The minimum absolute atomic E-state index is 0.0347. The van der Waals surface area contributed by atoms with Gasteiger partial charge in [0, 0.05) is 0 Å². The van der Waals surface area contributed by atoms with Crippen molar-refractivity contribution in [2.45, 2.75) is 0 Å². The molecule has 0 rings (SSSR count). The smallest absolute Gasteiger partial charge is 0.252 e. The molecule has 1 N–H and O–H groups in total. The molecule has 0 saturated heterocycles. The van der Waals surface area contributed by atoms with Gasteiger partial charge in [0.05, 0.1) is 0 Å². The minimum atomic E-state index is -0.0347. The van der Waals surface area contributed by atoms with Gasteiger partial charge in [0.1, 0.15) is 17.9 Å². The zero-order valence-electron chi connectivity index (χ0n) is 4.13. The first-order chi connectivity index (χ1) is 3.85. The van der Waals surface area contributed by atoms with Gasteiger partial charge in [-0.25, -0.2) is 6.57 Å². The Balaban J connectivity index is 3.83. The largest absolute Gasteiger partial charge is 0.514 e. The summed E-state index contributed by atoms with van der Waals surface area (Å²) < 4.78 is 0.